The molecule has 2 N–H and O–H groups in total. The van der Waals surface area contributed by atoms with Crippen molar-refractivity contribution in [3.63, 3.8) is 0 Å². The number of fused-ring (bicyclic) bond motifs is 3. The van der Waals surface area contributed by atoms with E-state index in [4.69, 9.17) is 5.73 Å². The maximum atomic E-state index is 5.79. The van der Waals surface area contributed by atoms with Gasteiger partial charge in [-0.3, -0.25) is 0 Å². The van der Waals surface area contributed by atoms with Gasteiger partial charge < -0.3 is 5.73 Å². The molecular formula is C21H19N. The Balaban J connectivity index is 1.92. The van der Waals surface area contributed by atoms with Gasteiger partial charge in [-0.15, -0.1) is 0 Å². The van der Waals surface area contributed by atoms with Crippen molar-refractivity contribution in [1.29, 1.82) is 0 Å². The Morgan fingerprint density at radius 2 is 1.32 bits per heavy atom. The van der Waals surface area contributed by atoms with Gasteiger partial charge >= 0.3 is 0 Å². The van der Waals surface area contributed by atoms with Gasteiger partial charge in [0.05, 0.1) is 0 Å². The summed E-state index contributed by atoms with van der Waals surface area (Å²) < 4.78 is 0. The molecule has 0 unspecified atom stereocenters. The van der Waals surface area contributed by atoms with Crippen LogP contribution >= 0.6 is 0 Å². The second kappa shape index (κ2) is 4.48. The lowest BCUT2D eigenvalue weighted by atomic mass is 9.82. The molecule has 1 aliphatic carbocycles. The molecule has 0 fully saturated rings. The Kier molecular flexibility index (Phi) is 2.67. The lowest BCUT2D eigenvalue weighted by Crippen LogP contribution is -2.14. The van der Waals surface area contributed by atoms with Crippen molar-refractivity contribution < 1.29 is 0 Å². The minimum absolute atomic E-state index is 0.0750. The van der Waals surface area contributed by atoms with Crippen LogP contribution in [0, 0.1) is 0 Å². The number of nitrogens with two attached hydrogens (primary N) is 1. The van der Waals surface area contributed by atoms with Crippen molar-refractivity contribution in [3.8, 4) is 22.3 Å². The predicted molar refractivity (Wildman–Crippen MR) is 93.9 cm³/mol. The zero-order chi connectivity index (χ0) is 15.3. The zero-order valence-electron chi connectivity index (χ0n) is 12.9. The summed E-state index contributed by atoms with van der Waals surface area (Å²) in [4.78, 5) is 0. The van der Waals surface area contributed by atoms with Gasteiger partial charge in [0.25, 0.3) is 0 Å². The van der Waals surface area contributed by atoms with Crippen LogP contribution in [0.25, 0.3) is 22.3 Å². The lowest BCUT2D eigenvalue weighted by Gasteiger charge is -2.21. The fourth-order valence-electron chi connectivity index (χ4n) is 3.58. The summed E-state index contributed by atoms with van der Waals surface area (Å²) in [5.41, 5.74) is 14.7. The first-order chi connectivity index (χ1) is 10.6. The van der Waals surface area contributed by atoms with Gasteiger partial charge in [-0.05, 0) is 51.6 Å². The van der Waals surface area contributed by atoms with Crippen molar-refractivity contribution in [3.05, 3.63) is 77.9 Å². The van der Waals surface area contributed by atoms with Crippen molar-refractivity contribution in [2.24, 2.45) is 0 Å². The molecule has 1 nitrogen and oxygen atoms in total. The molecule has 4 rings (SSSR count). The fourth-order valence-corrected chi connectivity index (χ4v) is 3.58. The van der Waals surface area contributed by atoms with E-state index in [-0.39, 0.29) is 5.41 Å². The van der Waals surface area contributed by atoms with Crippen molar-refractivity contribution in [2.75, 3.05) is 5.73 Å². The minimum atomic E-state index is 0.0750. The standard InChI is InChI=1S/C21H19N/c1-21(2)19-6-4-3-5-17(19)18-13-15(9-12-20(18)21)14-7-10-16(22)11-8-14/h3-13H,22H2,1-2H3. The van der Waals surface area contributed by atoms with Gasteiger partial charge in [0.2, 0.25) is 0 Å². The topological polar surface area (TPSA) is 26.0 Å². The van der Waals surface area contributed by atoms with Crippen LogP contribution in [-0.2, 0) is 5.41 Å². The molecule has 0 aromatic heterocycles. The summed E-state index contributed by atoms with van der Waals surface area (Å²) >= 11 is 0. The van der Waals surface area contributed by atoms with E-state index >= 15 is 0 Å². The van der Waals surface area contributed by atoms with Gasteiger partial charge in [0.1, 0.15) is 0 Å². The molecule has 0 aliphatic heterocycles. The summed E-state index contributed by atoms with van der Waals surface area (Å²) in [6.07, 6.45) is 0. The van der Waals surface area contributed by atoms with Crippen molar-refractivity contribution in [2.45, 2.75) is 19.3 Å². The predicted octanol–water partition coefficient (Wildman–Crippen LogP) is 5.24. The Morgan fingerprint density at radius 3 is 2.09 bits per heavy atom. The quantitative estimate of drug-likeness (QED) is 0.608. The number of nitrogen functional groups attached to an aromatic ring is 1. The Hall–Kier alpha value is -2.54. The fraction of sp³-hybridized carbons (Fsp3) is 0.143. The van der Waals surface area contributed by atoms with E-state index in [9.17, 15) is 0 Å². The molecule has 3 aromatic carbocycles. The SMILES string of the molecule is CC1(C)c2ccccc2-c2cc(-c3ccc(N)cc3)ccc21. The smallest absolute Gasteiger partial charge is 0.0314 e. The number of rotatable bonds is 1. The highest BCUT2D eigenvalue weighted by molar-refractivity contribution is 5.84. The highest BCUT2D eigenvalue weighted by Gasteiger charge is 2.34. The highest BCUT2D eigenvalue weighted by atomic mass is 14.5. The van der Waals surface area contributed by atoms with Crippen LogP contribution in [0.3, 0.4) is 0 Å². The molecule has 0 radical (unpaired) electrons. The number of hydrogen-bond donors (Lipinski definition) is 1. The molecule has 1 aliphatic rings. The first kappa shape index (κ1) is 13.1. The van der Waals surface area contributed by atoms with E-state index in [0.29, 0.717) is 0 Å². The zero-order valence-corrected chi connectivity index (χ0v) is 12.9. The van der Waals surface area contributed by atoms with Crippen LogP contribution in [0.2, 0.25) is 0 Å². The molecule has 0 saturated carbocycles. The molecule has 22 heavy (non-hydrogen) atoms. The maximum absolute atomic E-state index is 5.79. The molecule has 3 aromatic rings. The van der Waals surface area contributed by atoms with Gasteiger partial charge in [-0.25, -0.2) is 0 Å². The van der Waals surface area contributed by atoms with Gasteiger partial charge in [0, 0.05) is 11.1 Å². The molecule has 1 heteroatoms. The molecule has 0 spiro atoms. The third-order valence-electron chi connectivity index (χ3n) is 4.83. The molecule has 0 saturated heterocycles. The van der Waals surface area contributed by atoms with Crippen LogP contribution in [0.15, 0.2) is 66.7 Å². The largest absolute Gasteiger partial charge is 0.399 e. The summed E-state index contributed by atoms with van der Waals surface area (Å²) in [6, 6.07) is 23.6. The van der Waals surface area contributed by atoms with E-state index in [1.807, 2.05) is 12.1 Å². The van der Waals surface area contributed by atoms with E-state index in [1.165, 1.54) is 33.4 Å². The Labute approximate surface area is 131 Å². The van der Waals surface area contributed by atoms with Crippen LogP contribution in [0.5, 0.6) is 0 Å². The minimum Gasteiger partial charge on any atom is -0.399 e. The monoisotopic (exact) mass is 285 g/mol. The summed E-state index contributed by atoms with van der Waals surface area (Å²) in [5.74, 6) is 0. The normalized spacial score (nSPS) is 14.5. The number of anilines is 1. The van der Waals surface area contributed by atoms with E-state index < -0.39 is 0 Å². The van der Waals surface area contributed by atoms with E-state index in [0.717, 1.165) is 5.69 Å². The van der Waals surface area contributed by atoms with Crippen molar-refractivity contribution >= 4 is 5.69 Å². The van der Waals surface area contributed by atoms with Crippen LogP contribution < -0.4 is 5.73 Å². The summed E-state index contributed by atoms with van der Waals surface area (Å²) in [5, 5.41) is 0. The molecule has 108 valence electrons. The number of hydrogen-bond acceptors (Lipinski definition) is 1. The lowest BCUT2D eigenvalue weighted by molar-refractivity contribution is 0.660. The number of benzene rings is 3. The van der Waals surface area contributed by atoms with Crippen molar-refractivity contribution in [1.82, 2.24) is 0 Å². The van der Waals surface area contributed by atoms with Crippen LogP contribution in [-0.4, -0.2) is 0 Å². The van der Waals surface area contributed by atoms with Crippen LogP contribution in [0.4, 0.5) is 5.69 Å². The van der Waals surface area contributed by atoms with E-state index in [1.54, 1.807) is 0 Å². The average molecular weight is 285 g/mol. The Bertz CT molecular complexity index is 857. The second-order valence-corrected chi connectivity index (χ2v) is 6.55. The van der Waals surface area contributed by atoms with Gasteiger partial charge in [0.15, 0.2) is 0 Å². The van der Waals surface area contributed by atoms with Gasteiger partial charge in [-0.1, -0.05) is 62.4 Å². The highest BCUT2D eigenvalue weighted by Crippen LogP contribution is 2.49. The molecule has 0 amide bonds. The molecule has 0 heterocycles. The average Bonchev–Trinajstić information content (AvgIpc) is 2.77. The molecule has 0 atom stereocenters. The third kappa shape index (κ3) is 1.79. The van der Waals surface area contributed by atoms with Gasteiger partial charge in [-0.2, -0.15) is 0 Å². The summed E-state index contributed by atoms with van der Waals surface area (Å²) in [7, 11) is 0. The summed E-state index contributed by atoms with van der Waals surface area (Å²) in [6.45, 7) is 4.61. The third-order valence-corrected chi connectivity index (χ3v) is 4.83. The first-order valence-corrected chi connectivity index (χ1v) is 7.68. The molecule has 0 bridgehead atoms. The van der Waals surface area contributed by atoms with Crippen LogP contribution in [0.1, 0.15) is 25.0 Å². The first-order valence-electron chi connectivity index (χ1n) is 7.68. The second-order valence-electron chi connectivity index (χ2n) is 6.55. The molecular weight excluding hydrogens is 266 g/mol. The maximum Gasteiger partial charge on any atom is 0.0314 e. The Morgan fingerprint density at radius 1 is 0.682 bits per heavy atom. The van der Waals surface area contributed by atoms with E-state index in [2.05, 4.69) is 68.4 Å².